The van der Waals surface area contributed by atoms with Crippen LogP contribution in [0.15, 0.2) is 29.3 Å². The number of H-pyrrole nitrogens is 1. The fraction of sp³-hybridized carbons (Fsp3) is 0.182. The number of anilines is 1. The van der Waals surface area contributed by atoms with E-state index in [1.165, 1.54) is 6.33 Å². The number of hydrogen-bond donors (Lipinski definition) is 2. The normalized spacial score (nSPS) is 10.3. The Labute approximate surface area is 91.5 Å². The average Bonchev–Trinajstić information content (AvgIpc) is 2.30. The molecule has 0 aliphatic heterocycles. The monoisotopic (exact) mass is 217 g/mol. The predicted octanol–water partition coefficient (Wildman–Crippen LogP) is 1.27. The van der Waals surface area contributed by atoms with Crippen molar-refractivity contribution >= 4 is 22.5 Å². The Morgan fingerprint density at radius 1 is 1.50 bits per heavy atom. The van der Waals surface area contributed by atoms with Crippen molar-refractivity contribution in [3.05, 3.63) is 34.9 Å². The molecular weight excluding hydrogens is 206 g/mol. The van der Waals surface area contributed by atoms with E-state index in [0.29, 0.717) is 23.0 Å². The molecule has 0 bridgehead atoms. The number of nitrogens with one attached hydrogen (secondary N) is 2. The van der Waals surface area contributed by atoms with Crippen molar-refractivity contribution in [3.8, 4) is 0 Å². The molecule has 1 aromatic carbocycles. The number of hydrogen-bond acceptors (Lipinski definition) is 3. The maximum Gasteiger partial charge on any atom is 0.258 e. The van der Waals surface area contributed by atoms with Crippen LogP contribution in [0.25, 0.3) is 10.9 Å². The third-order valence-corrected chi connectivity index (χ3v) is 2.25. The van der Waals surface area contributed by atoms with Crippen molar-refractivity contribution in [2.24, 2.45) is 0 Å². The van der Waals surface area contributed by atoms with Crippen LogP contribution >= 0.6 is 0 Å². The molecule has 2 N–H and O–H groups in total. The molecule has 1 amide bonds. The third-order valence-electron chi connectivity index (χ3n) is 2.25. The van der Waals surface area contributed by atoms with Crippen molar-refractivity contribution in [2.75, 3.05) is 5.32 Å². The van der Waals surface area contributed by atoms with Gasteiger partial charge < -0.3 is 10.3 Å². The number of carbonyl (C=O) groups excluding carboxylic acids is 1. The molecule has 0 spiro atoms. The van der Waals surface area contributed by atoms with Crippen LogP contribution < -0.4 is 10.9 Å². The van der Waals surface area contributed by atoms with Gasteiger partial charge in [-0.1, -0.05) is 6.92 Å². The first-order valence-electron chi connectivity index (χ1n) is 4.98. The van der Waals surface area contributed by atoms with Gasteiger partial charge in [-0.3, -0.25) is 9.59 Å². The second kappa shape index (κ2) is 4.14. The number of aromatic amines is 1. The van der Waals surface area contributed by atoms with E-state index in [0.717, 1.165) is 0 Å². The van der Waals surface area contributed by atoms with E-state index in [1.807, 2.05) is 0 Å². The molecule has 1 heterocycles. The Morgan fingerprint density at radius 2 is 2.31 bits per heavy atom. The summed E-state index contributed by atoms with van der Waals surface area (Å²) in [5.41, 5.74) is 1.01. The minimum absolute atomic E-state index is 0.0836. The highest BCUT2D eigenvalue weighted by Gasteiger charge is 2.03. The molecule has 0 aliphatic carbocycles. The number of nitrogens with zero attached hydrogens (tertiary/aromatic N) is 1. The summed E-state index contributed by atoms with van der Waals surface area (Å²) in [6.07, 6.45) is 1.76. The van der Waals surface area contributed by atoms with Crippen molar-refractivity contribution < 1.29 is 4.79 Å². The van der Waals surface area contributed by atoms with Crippen LogP contribution in [0.4, 0.5) is 5.69 Å². The van der Waals surface area contributed by atoms with E-state index in [9.17, 15) is 9.59 Å². The van der Waals surface area contributed by atoms with Crippen molar-refractivity contribution in [2.45, 2.75) is 13.3 Å². The largest absolute Gasteiger partial charge is 0.326 e. The fourth-order valence-electron chi connectivity index (χ4n) is 1.40. The SMILES string of the molecule is CCC(=O)Nc1ccc2nc[nH]c(=O)c2c1. The zero-order valence-electron chi connectivity index (χ0n) is 8.78. The van der Waals surface area contributed by atoms with Gasteiger partial charge >= 0.3 is 0 Å². The molecule has 0 radical (unpaired) electrons. The third kappa shape index (κ3) is 1.93. The van der Waals surface area contributed by atoms with Crippen LogP contribution in [-0.2, 0) is 4.79 Å². The molecule has 16 heavy (non-hydrogen) atoms. The Balaban J connectivity index is 2.47. The summed E-state index contributed by atoms with van der Waals surface area (Å²) >= 11 is 0. The van der Waals surface area contributed by atoms with Gasteiger partial charge in [0.1, 0.15) is 0 Å². The molecule has 5 nitrogen and oxygen atoms in total. The molecule has 0 atom stereocenters. The minimum atomic E-state index is -0.211. The van der Waals surface area contributed by atoms with Gasteiger partial charge in [-0.2, -0.15) is 0 Å². The summed E-state index contributed by atoms with van der Waals surface area (Å²) in [5.74, 6) is -0.0836. The smallest absolute Gasteiger partial charge is 0.258 e. The second-order valence-corrected chi connectivity index (χ2v) is 3.37. The van der Waals surface area contributed by atoms with Crippen LogP contribution in [0.3, 0.4) is 0 Å². The number of benzene rings is 1. The van der Waals surface area contributed by atoms with E-state index in [1.54, 1.807) is 25.1 Å². The van der Waals surface area contributed by atoms with E-state index < -0.39 is 0 Å². The van der Waals surface area contributed by atoms with Gasteiger partial charge in [0.05, 0.1) is 17.2 Å². The van der Waals surface area contributed by atoms with E-state index >= 15 is 0 Å². The van der Waals surface area contributed by atoms with Gasteiger partial charge in [0.15, 0.2) is 0 Å². The van der Waals surface area contributed by atoms with Crippen LogP contribution in [0.1, 0.15) is 13.3 Å². The Morgan fingerprint density at radius 3 is 3.06 bits per heavy atom. The van der Waals surface area contributed by atoms with Crippen LogP contribution in [-0.4, -0.2) is 15.9 Å². The molecular formula is C11H11N3O2. The number of fused-ring (bicyclic) bond motifs is 1. The fourth-order valence-corrected chi connectivity index (χ4v) is 1.40. The van der Waals surface area contributed by atoms with E-state index in [4.69, 9.17) is 0 Å². The molecule has 5 heteroatoms. The van der Waals surface area contributed by atoms with Crippen LogP contribution in [0, 0.1) is 0 Å². The van der Waals surface area contributed by atoms with Gasteiger partial charge in [-0.25, -0.2) is 4.98 Å². The number of rotatable bonds is 2. The van der Waals surface area contributed by atoms with E-state index in [2.05, 4.69) is 15.3 Å². The van der Waals surface area contributed by atoms with Crippen LogP contribution in [0.2, 0.25) is 0 Å². The number of carbonyl (C=O) groups is 1. The number of amides is 1. The molecule has 0 unspecified atom stereocenters. The highest BCUT2D eigenvalue weighted by molar-refractivity contribution is 5.93. The first-order valence-corrected chi connectivity index (χ1v) is 4.98. The van der Waals surface area contributed by atoms with Crippen molar-refractivity contribution in [1.82, 2.24) is 9.97 Å². The summed E-state index contributed by atoms with van der Waals surface area (Å²) in [5, 5.41) is 3.16. The molecule has 82 valence electrons. The Hall–Kier alpha value is -2.17. The van der Waals surface area contributed by atoms with Crippen molar-refractivity contribution in [3.63, 3.8) is 0 Å². The molecule has 1 aromatic heterocycles. The standard InChI is InChI=1S/C11H11N3O2/c1-2-10(15)14-7-3-4-9-8(5-7)11(16)13-6-12-9/h3-6H,2H2,1H3,(H,14,15)(H,12,13,16). The van der Waals surface area contributed by atoms with Gasteiger partial charge in [0, 0.05) is 12.1 Å². The molecule has 0 saturated heterocycles. The minimum Gasteiger partial charge on any atom is -0.326 e. The van der Waals surface area contributed by atoms with Gasteiger partial charge in [-0.05, 0) is 18.2 Å². The quantitative estimate of drug-likeness (QED) is 0.795. The lowest BCUT2D eigenvalue weighted by molar-refractivity contribution is -0.115. The maximum atomic E-state index is 11.5. The number of aromatic nitrogens is 2. The second-order valence-electron chi connectivity index (χ2n) is 3.37. The van der Waals surface area contributed by atoms with Gasteiger partial charge in [-0.15, -0.1) is 0 Å². The lowest BCUT2D eigenvalue weighted by Gasteiger charge is -2.03. The summed E-state index contributed by atoms with van der Waals surface area (Å²) in [7, 11) is 0. The summed E-state index contributed by atoms with van der Waals surface area (Å²) in [4.78, 5) is 29.2. The molecule has 2 aromatic rings. The molecule has 0 saturated carbocycles. The first kappa shape index (κ1) is 10.4. The summed E-state index contributed by atoms with van der Waals surface area (Å²) in [6, 6.07) is 5.05. The lowest BCUT2D eigenvalue weighted by Crippen LogP contribution is -2.11. The Bertz CT molecular complexity index is 589. The molecule has 0 fully saturated rings. The topological polar surface area (TPSA) is 74.8 Å². The molecule has 0 aliphatic rings. The Kier molecular flexibility index (Phi) is 2.68. The van der Waals surface area contributed by atoms with Crippen molar-refractivity contribution in [1.29, 1.82) is 0 Å². The van der Waals surface area contributed by atoms with Gasteiger partial charge in [0.25, 0.3) is 5.56 Å². The highest BCUT2D eigenvalue weighted by Crippen LogP contribution is 2.13. The summed E-state index contributed by atoms with van der Waals surface area (Å²) < 4.78 is 0. The highest BCUT2D eigenvalue weighted by atomic mass is 16.1. The predicted molar refractivity (Wildman–Crippen MR) is 61.3 cm³/mol. The lowest BCUT2D eigenvalue weighted by atomic mass is 10.2. The van der Waals surface area contributed by atoms with Crippen LogP contribution in [0.5, 0.6) is 0 Å². The van der Waals surface area contributed by atoms with Gasteiger partial charge in [0.2, 0.25) is 5.91 Å². The molecule has 2 rings (SSSR count). The van der Waals surface area contributed by atoms with E-state index in [-0.39, 0.29) is 11.5 Å². The maximum absolute atomic E-state index is 11.5. The summed E-state index contributed by atoms with van der Waals surface area (Å²) in [6.45, 7) is 1.77. The average molecular weight is 217 g/mol. The zero-order chi connectivity index (χ0) is 11.5. The first-order chi connectivity index (χ1) is 7.70. The zero-order valence-corrected chi connectivity index (χ0v) is 8.78.